The number of aromatic nitrogens is 1. The van der Waals surface area contributed by atoms with Gasteiger partial charge in [0.2, 0.25) is 0 Å². The van der Waals surface area contributed by atoms with E-state index in [9.17, 15) is 0 Å². The molecular weight excluding hydrogens is 302 g/mol. The van der Waals surface area contributed by atoms with Gasteiger partial charge in [-0.2, -0.15) is 0 Å². The molecule has 1 aromatic carbocycles. The number of pyridine rings is 1. The third kappa shape index (κ3) is 4.16. The van der Waals surface area contributed by atoms with Crippen LogP contribution in [0.15, 0.2) is 36.7 Å². The highest BCUT2D eigenvalue weighted by molar-refractivity contribution is 7.80. The second kappa shape index (κ2) is 6.87. The number of halogens is 1. The van der Waals surface area contributed by atoms with Gasteiger partial charge in [-0.05, 0) is 54.9 Å². The van der Waals surface area contributed by atoms with Gasteiger partial charge >= 0.3 is 0 Å². The topological polar surface area (TPSA) is 28.2 Å². The first-order valence-electron chi connectivity index (χ1n) is 6.65. The normalized spacial score (nSPS) is 10.3. The van der Waals surface area contributed by atoms with Gasteiger partial charge in [0, 0.05) is 26.0 Å². The first-order valence-corrected chi connectivity index (χ1v) is 7.44. The number of nitrogens with one attached hydrogen (secondary N) is 1. The van der Waals surface area contributed by atoms with Gasteiger partial charge in [0.15, 0.2) is 5.11 Å². The number of hydrogen-bond donors (Lipinski definition) is 1. The lowest BCUT2D eigenvalue weighted by Crippen LogP contribution is -2.31. The molecule has 3 nitrogen and oxygen atoms in total. The molecule has 0 bridgehead atoms. The number of thiocarbonyl (C=S) groups is 1. The van der Waals surface area contributed by atoms with Crippen molar-refractivity contribution in [2.45, 2.75) is 20.4 Å². The second-order valence-electron chi connectivity index (χ2n) is 5.09. The second-order valence-corrected chi connectivity index (χ2v) is 5.88. The van der Waals surface area contributed by atoms with Gasteiger partial charge in [-0.25, -0.2) is 0 Å². The highest BCUT2D eigenvalue weighted by atomic mass is 35.5. The van der Waals surface area contributed by atoms with Crippen LogP contribution in [0.2, 0.25) is 5.02 Å². The zero-order valence-corrected chi connectivity index (χ0v) is 13.9. The van der Waals surface area contributed by atoms with Gasteiger partial charge in [-0.15, -0.1) is 0 Å². The smallest absolute Gasteiger partial charge is 0.173 e. The Morgan fingerprint density at radius 3 is 2.76 bits per heavy atom. The minimum absolute atomic E-state index is 0.632. The minimum atomic E-state index is 0.632. The van der Waals surface area contributed by atoms with E-state index in [-0.39, 0.29) is 0 Å². The molecule has 0 saturated heterocycles. The zero-order chi connectivity index (χ0) is 15.4. The summed E-state index contributed by atoms with van der Waals surface area (Å²) in [5, 5.41) is 4.55. The van der Waals surface area contributed by atoms with E-state index in [1.165, 1.54) is 0 Å². The van der Waals surface area contributed by atoms with Crippen molar-refractivity contribution in [3.8, 4) is 0 Å². The Hall–Kier alpha value is -1.65. The summed E-state index contributed by atoms with van der Waals surface area (Å²) in [5.74, 6) is 0. The number of aryl methyl sites for hydroxylation is 2. The molecule has 1 N–H and O–H groups in total. The summed E-state index contributed by atoms with van der Waals surface area (Å²) >= 11 is 11.7. The predicted octanol–water partition coefficient (Wildman–Crippen LogP) is 4.18. The van der Waals surface area contributed by atoms with Gasteiger partial charge in [-0.1, -0.05) is 23.7 Å². The molecule has 5 heteroatoms. The predicted molar refractivity (Wildman–Crippen MR) is 92.9 cm³/mol. The van der Waals surface area contributed by atoms with E-state index >= 15 is 0 Å². The Balaban J connectivity index is 2.08. The molecule has 110 valence electrons. The van der Waals surface area contributed by atoms with E-state index in [0.717, 1.165) is 22.4 Å². The van der Waals surface area contributed by atoms with E-state index in [1.54, 1.807) is 6.20 Å². The summed E-state index contributed by atoms with van der Waals surface area (Å²) < 4.78 is 0. The van der Waals surface area contributed by atoms with Crippen LogP contribution in [-0.4, -0.2) is 22.0 Å². The average Bonchev–Trinajstić information content (AvgIpc) is 2.43. The summed E-state index contributed by atoms with van der Waals surface area (Å²) in [6.07, 6.45) is 3.60. The zero-order valence-electron chi connectivity index (χ0n) is 12.4. The van der Waals surface area contributed by atoms with Gasteiger partial charge in [-0.3, -0.25) is 4.98 Å². The SMILES string of the molecule is Cc1cc(C)c(NC(=S)N(C)Cc2cccnc2)c(Cl)c1. The lowest BCUT2D eigenvalue weighted by Gasteiger charge is -2.22. The van der Waals surface area contributed by atoms with E-state index in [1.807, 2.05) is 50.2 Å². The quantitative estimate of drug-likeness (QED) is 0.859. The lowest BCUT2D eigenvalue weighted by molar-refractivity contribution is 0.507. The van der Waals surface area contributed by atoms with Crippen molar-refractivity contribution in [1.82, 2.24) is 9.88 Å². The maximum Gasteiger partial charge on any atom is 0.173 e. The van der Waals surface area contributed by atoms with Crippen LogP contribution in [0, 0.1) is 13.8 Å². The summed E-state index contributed by atoms with van der Waals surface area (Å²) in [7, 11) is 1.94. The van der Waals surface area contributed by atoms with Crippen LogP contribution in [0.5, 0.6) is 0 Å². The Bertz CT molecular complexity index is 620. The number of anilines is 1. The largest absolute Gasteiger partial charge is 0.348 e. The maximum atomic E-state index is 6.29. The van der Waals surface area contributed by atoms with E-state index in [2.05, 4.69) is 16.4 Å². The van der Waals surface area contributed by atoms with Gasteiger partial charge in [0.25, 0.3) is 0 Å². The molecule has 1 aromatic heterocycles. The molecule has 0 spiro atoms. The maximum absolute atomic E-state index is 6.29. The minimum Gasteiger partial charge on any atom is -0.348 e. The summed E-state index contributed by atoms with van der Waals surface area (Å²) in [6, 6.07) is 7.95. The summed E-state index contributed by atoms with van der Waals surface area (Å²) in [6.45, 7) is 4.74. The molecule has 0 radical (unpaired) electrons. The average molecular weight is 320 g/mol. The molecule has 2 rings (SSSR count). The van der Waals surface area contributed by atoms with E-state index in [0.29, 0.717) is 16.7 Å². The van der Waals surface area contributed by atoms with Crippen LogP contribution in [0.4, 0.5) is 5.69 Å². The highest BCUT2D eigenvalue weighted by Gasteiger charge is 2.10. The molecule has 0 aliphatic rings. The Labute approximate surface area is 136 Å². The molecule has 0 unspecified atom stereocenters. The van der Waals surface area contributed by atoms with E-state index in [4.69, 9.17) is 23.8 Å². The molecule has 0 aliphatic carbocycles. The van der Waals surface area contributed by atoms with Crippen molar-refractivity contribution in [1.29, 1.82) is 0 Å². The Morgan fingerprint density at radius 1 is 1.38 bits per heavy atom. The molecule has 0 amide bonds. The van der Waals surface area contributed by atoms with Crippen LogP contribution in [0.25, 0.3) is 0 Å². The third-order valence-electron chi connectivity index (χ3n) is 3.15. The van der Waals surface area contributed by atoms with Crippen LogP contribution in [0.1, 0.15) is 16.7 Å². The van der Waals surface area contributed by atoms with Gasteiger partial charge in [0.1, 0.15) is 0 Å². The van der Waals surface area contributed by atoms with Gasteiger partial charge in [0.05, 0.1) is 10.7 Å². The van der Waals surface area contributed by atoms with Crippen LogP contribution < -0.4 is 5.32 Å². The first-order chi connectivity index (χ1) is 9.97. The van der Waals surface area contributed by atoms with E-state index < -0.39 is 0 Å². The van der Waals surface area contributed by atoms with Gasteiger partial charge < -0.3 is 10.2 Å². The lowest BCUT2D eigenvalue weighted by atomic mass is 10.1. The first kappa shape index (κ1) is 15.7. The molecule has 0 aliphatic heterocycles. The van der Waals surface area contributed by atoms with Crippen molar-refractivity contribution in [2.75, 3.05) is 12.4 Å². The van der Waals surface area contributed by atoms with Crippen molar-refractivity contribution < 1.29 is 0 Å². The Morgan fingerprint density at radius 2 is 2.14 bits per heavy atom. The van der Waals surface area contributed by atoms with Crippen molar-refractivity contribution in [3.05, 3.63) is 58.4 Å². The monoisotopic (exact) mass is 319 g/mol. The number of hydrogen-bond acceptors (Lipinski definition) is 2. The molecular formula is C16H18ClN3S. The fourth-order valence-corrected chi connectivity index (χ4v) is 2.65. The number of benzene rings is 1. The summed E-state index contributed by atoms with van der Waals surface area (Å²) in [5.41, 5.74) is 4.19. The Kier molecular flexibility index (Phi) is 5.15. The van der Waals surface area contributed by atoms with Crippen molar-refractivity contribution in [3.63, 3.8) is 0 Å². The number of nitrogens with zero attached hydrogens (tertiary/aromatic N) is 2. The number of rotatable bonds is 3. The standard InChI is InChI=1S/C16H18ClN3S/c1-11-7-12(2)15(14(17)8-11)19-16(21)20(3)10-13-5-4-6-18-9-13/h4-9H,10H2,1-3H3,(H,19,21). The van der Waals surface area contributed by atoms with Crippen LogP contribution in [-0.2, 0) is 6.54 Å². The molecule has 1 heterocycles. The van der Waals surface area contributed by atoms with Crippen molar-refractivity contribution >= 4 is 34.6 Å². The van der Waals surface area contributed by atoms with Crippen molar-refractivity contribution in [2.24, 2.45) is 0 Å². The molecule has 0 atom stereocenters. The summed E-state index contributed by atoms with van der Waals surface area (Å²) in [4.78, 5) is 6.07. The molecule has 0 fully saturated rings. The fourth-order valence-electron chi connectivity index (χ4n) is 2.11. The molecule has 21 heavy (non-hydrogen) atoms. The highest BCUT2D eigenvalue weighted by Crippen LogP contribution is 2.27. The van der Waals surface area contributed by atoms with Crippen LogP contribution >= 0.6 is 23.8 Å². The molecule has 2 aromatic rings. The van der Waals surface area contributed by atoms with Crippen LogP contribution in [0.3, 0.4) is 0 Å². The molecule has 0 saturated carbocycles. The fraction of sp³-hybridized carbons (Fsp3) is 0.250. The third-order valence-corrected chi connectivity index (χ3v) is 3.86.